The molecule has 0 saturated heterocycles. The van der Waals surface area contributed by atoms with Crippen molar-refractivity contribution in [2.75, 3.05) is 28.4 Å². The van der Waals surface area contributed by atoms with E-state index in [4.69, 9.17) is 18.9 Å². The van der Waals surface area contributed by atoms with Crippen LogP contribution in [0.15, 0.2) is 84.9 Å². The molecule has 4 nitrogen and oxygen atoms in total. The van der Waals surface area contributed by atoms with Gasteiger partial charge in [0.05, 0.1) is 28.4 Å². The van der Waals surface area contributed by atoms with E-state index < -0.39 is 0 Å². The van der Waals surface area contributed by atoms with E-state index in [1.165, 1.54) is 33.4 Å². The minimum absolute atomic E-state index is 0.876. The standard InChI is InChI=1S/C32H34O4/c1-33-29-15-7-23(8-16-29)5-11-27-21-25(13-19-31(27)35-3)26-14-20-32(36-4)28(22-26)12-6-24-9-17-30(34-2)18-10-24/h7-10,13-22H,5-6,11-12H2,1-4H3. The summed E-state index contributed by atoms with van der Waals surface area (Å²) in [6.45, 7) is 0. The number of hydrogen-bond acceptors (Lipinski definition) is 4. The lowest BCUT2D eigenvalue weighted by atomic mass is 9.95. The van der Waals surface area contributed by atoms with Crippen molar-refractivity contribution in [1.29, 1.82) is 0 Å². The maximum atomic E-state index is 5.68. The molecule has 0 bridgehead atoms. The molecule has 0 N–H and O–H groups in total. The van der Waals surface area contributed by atoms with Crippen LogP contribution in [0.4, 0.5) is 0 Å². The summed E-state index contributed by atoms with van der Waals surface area (Å²) in [4.78, 5) is 0. The first-order chi connectivity index (χ1) is 17.6. The zero-order valence-electron chi connectivity index (χ0n) is 21.5. The smallest absolute Gasteiger partial charge is 0.122 e. The third-order valence-corrected chi connectivity index (χ3v) is 6.58. The maximum absolute atomic E-state index is 5.68. The first-order valence-electron chi connectivity index (χ1n) is 12.2. The second-order valence-corrected chi connectivity index (χ2v) is 8.75. The van der Waals surface area contributed by atoms with Crippen LogP contribution in [0.5, 0.6) is 23.0 Å². The molecule has 0 saturated carbocycles. The second-order valence-electron chi connectivity index (χ2n) is 8.75. The van der Waals surface area contributed by atoms with Gasteiger partial charge in [-0.15, -0.1) is 0 Å². The van der Waals surface area contributed by atoms with Crippen LogP contribution in [0.1, 0.15) is 22.3 Å². The highest BCUT2D eigenvalue weighted by molar-refractivity contribution is 5.68. The Morgan fingerprint density at radius 2 is 0.806 bits per heavy atom. The largest absolute Gasteiger partial charge is 0.497 e. The summed E-state index contributed by atoms with van der Waals surface area (Å²) in [6.07, 6.45) is 3.65. The fraction of sp³-hybridized carbons (Fsp3) is 0.250. The van der Waals surface area contributed by atoms with Crippen molar-refractivity contribution in [2.24, 2.45) is 0 Å². The number of rotatable bonds is 11. The minimum Gasteiger partial charge on any atom is -0.497 e. The molecule has 0 fully saturated rings. The molecule has 4 aromatic rings. The Labute approximate surface area is 214 Å². The van der Waals surface area contributed by atoms with Gasteiger partial charge >= 0.3 is 0 Å². The van der Waals surface area contributed by atoms with Gasteiger partial charge in [-0.1, -0.05) is 36.4 Å². The van der Waals surface area contributed by atoms with Gasteiger partial charge in [0.1, 0.15) is 23.0 Å². The molecule has 0 aliphatic heterocycles. The zero-order valence-corrected chi connectivity index (χ0v) is 21.5. The summed E-state index contributed by atoms with van der Waals surface area (Å²) < 4.78 is 21.9. The molecule has 186 valence electrons. The maximum Gasteiger partial charge on any atom is 0.122 e. The minimum atomic E-state index is 0.876. The third kappa shape index (κ3) is 6.19. The Hall–Kier alpha value is -3.92. The first kappa shape index (κ1) is 25.2. The monoisotopic (exact) mass is 482 g/mol. The Kier molecular flexibility index (Phi) is 8.51. The summed E-state index contributed by atoms with van der Waals surface area (Å²) in [5.41, 5.74) is 7.28. The Morgan fingerprint density at radius 1 is 0.417 bits per heavy atom. The van der Waals surface area contributed by atoms with E-state index in [0.29, 0.717) is 0 Å². The molecular formula is C32H34O4. The van der Waals surface area contributed by atoms with Crippen molar-refractivity contribution >= 4 is 0 Å². The van der Waals surface area contributed by atoms with Crippen LogP contribution in [0.25, 0.3) is 11.1 Å². The van der Waals surface area contributed by atoms with Gasteiger partial charge in [-0.25, -0.2) is 0 Å². The highest BCUT2D eigenvalue weighted by atomic mass is 16.5. The Balaban J connectivity index is 1.53. The normalized spacial score (nSPS) is 10.7. The van der Waals surface area contributed by atoms with Crippen molar-refractivity contribution < 1.29 is 18.9 Å². The number of methoxy groups -OCH3 is 4. The van der Waals surface area contributed by atoms with Crippen molar-refractivity contribution in [1.82, 2.24) is 0 Å². The second kappa shape index (κ2) is 12.2. The van der Waals surface area contributed by atoms with Crippen LogP contribution in [-0.4, -0.2) is 28.4 Å². The van der Waals surface area contributed by atoms with Gasteiger partial charge < -0.3 is 18.9 Å². The van der Waals surface area contributed by atoms with Crippen molar-refractivity contribution in [3.05, 3.63) is 107 Å². The molecule has 0 aromatic heterocycles. The highest BCUT2D eigenvalue weighted by Gasteiger charge is 2.10. The topological polar surface area (TPSA) is 36.9 Å². The van der Waals surface area contributed by atoms with Crippen LogP contribution >= 0.6 is 0 Å². The summed E-state index contributed by atoms with van der Waals surface area (Å²) in [6, 6.07) is 29.4. The van der Waals surface area contributed by atoms with Crippen molar-refractivity contribution in [3.63, 3.8) is 0 Å². The van der Waals surface area contributed by atoms with Crippen molar-refractivity contribution in [2.45, 2.75) is 25.7 Å². The van der Waals surface area contributed by atoms with Crippen LogP contribution in [0.3, 0.4) is 0 Å². The summed E-state index contributed by atoms with van der Waals surface area (Å²) in [5, 5.41) is 0. The SMILES string of the molecule is COc1ccc(CCc2cc(-c3ccc(OC)c(CCc4ccc(OC)cc4)c3)ccc2OC)cc1. The molecule has 4 heteroatoms. The third-order valence-electron chi connectivity index (χ3n) is 6.58. The van der Waals surface area contributed by atoms with Gasteiger partial charge in [-0.3, -0.25) is 0 Å². The van der Waals surface area contributed by atoms with E-state index in [-0.39, 0.29) is 0 Å². The molecule has 0 atom stereocenters. The van der Waals surface area contributed by atoms with E-state index in [1.807, 2.05) is 24.3 Å². The van der Waals surface area contributed by atoms with Crippen LogP contribution in [0, 0.1) is 0 Å². The van der Waals surface area contributed by atoms with E-state index in [2.05, 4.69) is 60.7 Å². The molecule has 0 radical (unpaired) electrons. The van der Waals surface area contributed by atoms with E-state index in [1.54, 1.807) is 28.4 Å². The molecule has 4 rings (SSSR count). The summed E-state index contributed by atoms with van der Waals surface area (Å²) in [5.74, 6) is 3.59. The Bertz CT molecular complexity index is 1160. The highest BCUT2D eigenvalue weighted by Crippen LogP contribution is 2.31. The predicted molar refractivity (Wildman–Crippen MR) is 146 cm³/mol. The molecule has 4 aromatic carbocycles. The molecule has 0 unspecified atom stereocenters. The summed E-state index contributed by atoms with van der Waals surface area (Å²) >= 11 is 0. The molecule has 0 aliphatic carbocycles. The molecule has 36 heavy (non-hydrogen) atoms. The average Bonchev–Trinajstić information content (AvgIpc) is 2.95. The molecule has 0 spiro atoms. The first-order valence-corrected chi connectivity index (χ1v) is 12.2. The van der Waals surface area contributed by atoms with Crippen LogP contribution in [-0.2, 0) is 25.7 Å². The quantitative estimate of drug-likeness (QED) is 0.232. The van der Waals surface area contributed by atoms with Gasteiger partial charge in [0, 0.05) is 0 Å². The zero-order chi connectivity index (χ0) is 25.3. The van der Waals surface area contributed by atoms with E-state index in [0.717, 1.165) is 48.7 Å². The van der Waals surface area contributed by atoms with Gasteiger partial charge in [-0.2, -0.15) is 0 Å². The number of hydrogen-bond donors (Lipinski definition) is 0. The molecule has 0 amide bonds. The summed E-state index contributed by atoms with van der Waals surface area (Å²) in [7, 11) is 6.84. The number of aryl methyl sites for hydroxylation is 4. The predicted octanol–water partition coefficient (Wildman–Crippen LogP) is 6.96. The van der Waals surface area contributed by atoms with Crippen LogP contribution < -0.4 is 18.9 Å². The van der Waals surface area contributed by atoms with Gasteiger partial charge in [0.2, 0.25) is 0 Å². The van der Waals surface area contributed by atoms with Gasteiger partial charge in [0.25, 0.3) is 0 Å². The lowest BCUT2D eigenvalue weighted by molar-refractivity contribution is 0.409. The number of ether oxygens (including phenoxy) is 4. The molecule has 0 aliphatic rings. The van der Waals surface area contributed by atoms with Gasteiger partial charge in [0.15, 0.2) is 0 Å². The number of benzene rings is 4. The van der Waals surface area contributed by atoms with Gasteiger partial charge in [-0.05, 0) is 108 Å². The van der Waals surface area contributed by atoms with E-state index >= 15 is 0 Å². The Morgan fingerprint density at radius 3 is 1.14 bits per heavy atom. The lowest BCUT2D eigenvalue weighted by Gasteiger charge is -2.14. The molecular weight excluding hydrogens is 448 g/mol. The van der Waals surface area contributed by atoms with Crippen molar-refractivity contribution in [3.8, 4) is 34.1 Å². The van der Waals surface area contributed by atoms with E-state index in [9.17, 15) is 0 Å². The lowest BCUT2D eigenvalue weighted by Crippen LogP contribution is -1.98. The average molecular weight is 483 g/mol. The fourth-order valence-electron chi connectivity index (χ4n) is 4.45. The molecule has 0 heterocycles. The fourth-order valence-corrected chi connectivity index (χ4v) is 4.45. The van der Waals surface area contributed by atoms with Crippen LogP contribution in [0.2, 0.25) is 0 Å².